The number of benzene rings is 1. The molecule has 1 saturated heterocycles. The third kappa shape index (κ3) is 3.64. The van der Waals surface area contributed by atoms with Gasteiger partial charge in [0, 0.05) is 28.7 Å². The molecule has 0 spiro atoms. The number of esters is 1. The van der Waals surface area contributed by atoms with E-state index in [1.807, 2.05) is 18.2 Å². The molecule has 3 rings (SSSR count). The van der Waals surface area contributed by atoms with E-state index < -0.39 is 0 Å². The van der Waals surface area contributed by atoms with Crippen LogP contribution in [0.5, 0.6) is 0 Å². The van der Waals surface area contributed by atoms with Crippen molar-refractivity contribution in [3.63, 3.8) is 0 Å². The van der Waals surface area contributed by atoms with Gasteiger partial charge < -0.3 is 14.8 Å². The molecule has 1 fully saturated rings. The van der Waals surface area contributed by atoms with E-state index in [1.165, 1.54) is 0 Å². The molecular formula is C17H19BrN2O3. The lowest BCUT2D eigenvalue weighted by molar-refractivity contribution is 0.0526. The van der Waals surface area contributed by atoms with Gasteiger partial charge in [-0.25, -0.2) is 4.79 Å². The van der Waals surface area contributed by atoms with Crippen LogP contribution in [0.25, 0.3) is 10.9 Å². The zero-order valence-corrected chi connectivity index (χ0v) is 14.6. The van der Waals surface area contributed by atoms with Crippen molar-refractivity contribution in [2.24, 2.45) is 0 Å². The Morgan fingerprint density at radius 3 is 3.13 bits per heavy atom. The Hall–Kier alpha value is -1.66. The molecule has 1 aliphatic rings. The number of rotatable bonds is 4. The molecule has 2 aromatic rings. The van der Waals surface area contributed by atoms with Crippen LogP contribution in [0.4, 0.5) is 5.69 Å². The van der Waals surface area contributed by atoms with Gasteiger partial charge in [-0.05, 0) is 38.0 Å². The minimum Gasteiger partial charge on any atom is -0.462 e. The molecule has 5 nitrogen and oxygen atoms in total. The van der Waals surface area contributed by atoms with Gasteiger partial charge in [0.2, 0.25) is 0 Å². The number of aromatic nitrogens is 1. The first-order valence-corrected chi connectivity index (χ1v) is 8.58. The molecule has 122 valence electrons. The van der Waals surface area contributed by atoms with Crippen LogP contribution < -0.4 is 5.32 Å². The van der Waals surface area contributed by atoms with Gasteiger partial charge in [0.05, 0.1) is 24.4 Å². The summed E-state index contributed by atoms with van der Waals surface area (Å²) >= 11 is 3.49. The van der Waals surface area contributed by atoms with E-state index in [2.05, 4.69) is 26.2 Å². The SMILES string of the molecule is CCOC(=O)c1cnc2ccc(Br)cc2c1N[C@H]1CCCOC1. The number of ether oxygens (including phenoxy) is 2. The molecular weight excluding hydrogens is 360 g/mol. The summed E-state index contributed by atoms with van der Waals surface area (Å²) < 4.78 is 11.6. The molecule has 1 aliphatic heterocycles. The zero-order valence-electron chi connectivity index (χ0n) is 13.0. The molecule has 2 heterocycles. The van der Waals surface area contributed by atoms with Crippen LogP contribution in [0.15, 0.2) is 28.9 Å². The topological polar surface area (TPSA) is 60.5 Å². The first-order valence-electron chi connectivity index (χ1n) is 7.78. The first kappa shape index (κ1) is 16.2. The molecule has 1 N–H and O–H groups in total. The second-order valence-electron chi connectivity index (χ2n) is 5.49. The van der Waals surface area contributed by atoms with Gasteiger partial charge in [0.1, 0.15) is 5.56 Å². The fourth-order valence-corrected chi connectivity index (χ4v) is 3.10. The van der Waals surface area contributed by atoms with Gasteiger partial charge in [0.25, 0.3) is 0 Å². The van der Waals surface area contributed by atoms with E-state index in [4.69, 9.17) is 9.47 Å². The van der Waals surface area contributed by atoms with Crippen molar-refractivity contribution in [1.29, 1.82) is 0 Å². The highest BCUT2D eigenvalue weighted by Gasteiger charge is 2.21. The summed E-state index contributed by atoms with van der Waals surface area (Å²) in [6.45, 7) is 3.57. The van der Waals surface area contributed by atoms with Crippen LogP contribution in [0.3, 0.4) is 0 Å². The lowest BCUT2D eigenvalue weighted by Crippen LogP contribution is -2.31. The highest BCUT2D eigenvalue weighted by Crippen LogP contribution is 2.30. The number of hydrogen-bond donors (Lipinski definition) is 1. The van der Waals surface area contributed by atoms with Crippen molar-refractivity contribution in [3.8, 4) is 0 Å². The van der Waals surface area contributed by atoms with E-state index in [9.17, 15) is 4.79 Å². The summed E-state index contributed by atoms with van der Waals surface area (Å²) in [6, 6.07) is 6.02. The quantitative estimate of drug-likeness (QED) is 0.820. The maximum absolute atomic E-state index is 12.3. The summed E-state index contributed by atoms with van der Waals surface area (Å²) in [7, 11) is 0. The van der Waals surface area contributed by atoms with Crippen molar-refractivity contribution >= 4 is 38.5 Å². The predicted octanol–water partition coefficient (Wildman–Crippen LogP) is 3.76. The lowest BCUT2D eigenvalue weighted by atomic mass is 10.1. The number of pyridine rings is 1. The molecule has 0 saturated carbocycles. The van der Waals surface area contributed by atoms with Crippen molar-refractivity contribution in [2.75, 3.05) is 25.1 Å². The lowest BCUT2D eigenvalue weighted by Gasteiger charge is -2.25. The Morgan fingerprint density at radius 2 is 2.39 bits per heavy atom. The van der Waals surface area contributed by atoms with E-state index in [0.717, 1.165) is 40.5 Å². The minimum atomic E-state index is -0.360. The van der Waals surface area contributed by atoms with Crippen LogP contribution in [0.1, 0.15) is 30.1 Å². The number of halogens is 1. The Labute approximate surface area is 143 Å². The molecule has 0 unspecified atom stereocenters. The molecule has 0 aliphatic carbocycles. The zero-order chi connectivity index (χ0) is 16.2. The van der Waals surface area contributed by atoms with E-state index >= 15 is 0 Å². The molecule has 1 aromatic carbocycles. The van der Waals surface area contributed by atoms with E-state index in [-0.39, 0.29) is 12.0 Å². The number of anilines is 1. The Kier molecular flexibility index (Phi) is 5.13. The number of hydrogen-bond acceptors (Lipinski definition) is 5. The fourth-order valence-electron chi connectivity index (χ4n) is 2.74. The Balaban J connectivity index is 2.06. The smallest absolute Gasteiger partial charge is 0.341 e. The minimum absolute atomic E-state index is 0.182. The standard InChI is InChI=1S/C17H19BrN2O3/c1-2-23-17(21)14-9-19-15-6-5-11(18)8-13(15)16(14)20-12-4-3-7-22-10-12/h5-6,8-9,12H,2-4,7,10H2,1H3,(H,19,20)/t12-/m0/s1. The number of nitrogens with one attached hydrogen (secondary N) is 1. The average molecular weight is 379 g/mol. The van der Waals surface area contributed by atoms with Crippen LogP contribution in [0, 0.1) is 0 Å². The summed E-state index contributed by atoms with van der Waals surface area (Å²) in [4.78, 5) is 16.7. The van der Waals surface area contributed by atoms with Gasteiger partial charge in [-0.15, -0.1) is 0 Å². The second kappa shape index (κ2) is 7.27. The third-order valence-corrected chi connectivity index (χ3v) is 4.33. The van der Waals surface area contributed by atoms with Gasteiger partial charge in [-0.1, -0.05) is 15.9 Å². The monoisotopic (exact) mass is 378 g/mol. The van der Waals surface area contributed by atoms with Crippen LogP contribution in [-0.4, -0.2) is 36.8 Å². The molecule has 0 amide bonds. The first-order chi connectivity index (χ1) is 11.2. The highest BCUT2D eigenvalue weighted by atomic mass is 79.9. The van der Waals surface area contributed by atoms with Gasteiger partial charge in [0.15, 0.2) is 0 Å². The number of nitrogens with zero attached hydrogens (tertiary/aromatic N) is 1. The highest BCUT2D eigenvalue weighted by molar-refractivity contribution is 9.10. The number of carbonyl (C=O) groups excluding carboxylic acids is 1. The molecule has 1 atom stereocenters. The molecule has 0 bridgehead atoms. The third-order valence-electron chi connectivity index (χ3n) is 3.83. The van der Waals surface area contributed by atoms with Crippen LogP contribution in [-0.2, 0) is 9.47 Å². The second-order valence-corrected chi connectivity index (χ2v) is 6.40. The fraction of sp³-hybridized carbons (Fsp3) is 0.412. The van der Waals surface area contributed by atoms with Crippen molar-refractivity contribution < 1.29 is 14.3 Å². The van der Waals surface area contributed by atoms with Gasteiger partial charge >= 0.3 is 5.97 Å². The van der Waals surface area contributed by atoms with Crippen molar-refractivity contribution in [1.82, 2.24) is 4.98 Å². The summed E-state index contributed by atoms with van der Waals surface area (Å²) in [6.07, 6.45) is 3.61. The van der Waals surface area contributed by atoms with E-state index in [1.54, 1.807) is 13.1 Å². The predicted molar refractivity (Wildman–Crippen MR) is 92.9 cm³/mol. The Bertz CT molecular complexity index is 714. The molecule has 6 heteroatoms. The number of fused-ring (bicyclic) bond motifs is 1. The van der Waals surface area contributed by atoms with E-state index in [0.29, 0.717) is 18.8 Å². The summed E-state index contributed by atoms with van der Waals surface area (Å²) in [5, 5.41) is 4.37. The van der Waals surface area contributed by atoms with Crippen LogP contribution in [0.2, 0.25) is 0 Å². The van der Waals surface area contributed by atoms with Crippen LogP contribution >= 0.6 is 15.9 Å². The maximum Gasteiger partial charge on any atom is 0.341 e. The van der Waals surface area contributed by atoms with Crippen molar-refractivity contribution in [3.05, 3.63) is 34.4 Å². The van der Waals surface area contributed by atoms with Gasteiger partial charge in [-0.2, -0.15) is 0 Å². The number of carbonyl (C=O) groups is 1. The van der Waals surface area contributed by atoms with Gasteiger partial charge in [-0.3, -0.25) is 4.98 Å². The average Bonchev–Trinajstić information content (AvgIpc) is 2.56. The normalized spacial score (nSPS) is 17.9. The largest absolute Gasteiger partial charge is 0.462 e. The molecule has 23 heavy (non-hydrogen) atoms. The maximum atomic E-state index is 12.3. The Morgan fingerprint density at radius 1 is 1.52 bits per heavy atom. The van der Waals surface area contributed by atoms with Crippen molar-refractivity contribution in [2.45, 2.75) is 25.8 Å². The molecule has 0 radical (unpaired) electrons. The summed E-state index contributed by atoms with van der Waals surface area (Å²) in [5.41, 5.74) is 2.06. The molecule has 1 aromatic heterocycles. The summed E-state index contributed by atoms with van der Waals surface area (Å²) in [5.74, 6) is -0.360.